The SMILES string of the molecule is CC(=O)c1cnccc1N.CC(=O)c1cnccc1NC(=O)OC(C)(C)C.CC(C)(C)CCN1CCOCC1.CC(C)(C)OC(=O)Nc1ccncc1.COC(=O)c1cnccc1NC(=O)OC(C)(C)C.COCCC(C)(C)C. The molecule has 21 nitrogen and oxygen atoms in total. The molecular weight excluding hydrogens is 1010 g/mol. The molecule has 5 heterocycles. The van der Waals surface area contributed by atoms with E-state index in [1.54, 1.807) is 91.5 Å². The van der Waals surface area contributed by atoms with Gasteiger partial charge < -0.3 is 34.2 Å². The maximum Gasteiger partial charge on any atom is 0.412 e. The largest absolute Gasteiger partial charge is 0.465 e. The lowest BCUT2D eigenvalue weighted by atomic mass is 9.92. The molecule has 21 heteroatoms. The van der Waals surface area contributed by atoms with Gasteiger partial charge in [-0.05, 0) is 137 Å². The number of nitrogens with zero attached hydrogens (tertiary/aromatic N) is 5. The van der Waals surface area contributed by atoms with Crippen LogP contribution in [0.4, 0.5) is 37.1 Å². The van der Waals surface area contributed by atoms with E-state index < -0.39 is 41.1 Å². The van der Waals surface area contributed by atoms with Crippen molar-refractivity contribution in [2.45, 2.75) is 147 Å². The smallest absolute Gasteiger partial charge is 0.412 e. The number of carbonyl (C=O) groups is 6. The quantitative estimate of drug-likeness (QED) is 0.0652. The third-order valence-electron chi connectivity index (χ3n) is 9.60. The van der Waals surface area contributed by atoms with Gasteiger partial charge in [0.05, 0.1) is 42.8 Å². The summed E-state index contributed by atoms with van der Waals surface area (Å²) in [6.07, 6.45) is 12.7. The van der Waals surface area contributed by atoms with Gasteiger partial charge in [0, 0.05) is 87.8 Å². The first-order valence-electron chi connectivity index (χ1n) is 25.8. The number of aromatic nitrogens is 4. The van der Waals surface area contributed by atoms with E-state index in [0.717, 1.165) is 39.3 Å². The van der Waals surface area contributed by atoms with E-state index in [1.165, 1.54) is 71.0 Å². The van der Waals surface area contributed by atoms with E-state index in [2.05, 4.69) is 87.1 Å². The van der Waals surface area contributed by atoms with Crippen molar-refractivity contribution < 1.29 is 57.2 Å². The first-order valence-corrected chi connectivity index (χ1v) is 25.8. The molecule has 0 unspecified atom stereocenters. The lowest BCUT2D eigenvalue weighted by molar-refractivity contribution is 0.0333. The molecule has 0 radical (unpaired) electrons. The minimum absolute atomic E-state index is 0.0504. The molecule has 1 aliphatic heterocycles. The van der Waals surface area contributed by atoms with Crippen molar-refractivity contribution in [1.82, 2.24) is 24.8 Å². The molecule has 0 aliphatic carbocycles. The standard InChI is InChI=1S/C12H16N2O4.C12H16N2O3.C10H14N2O2.C10H21NO.C7H8N2O.C7H16O/c1-12(2,3)18-11(16)14-9-5-6-13-7-8(9)10(15)17-4;1-8(15)9-7-13-6-5-10(9)14-11(16)17-12(2,3)4;1-10(2,3)14-9(13)12-8-4-6-11-7-5-8;1-10(2,3)4-5-11-6-8-12-9-7-11;1-5(10)6-4-9-3-2-7(6)8;1-7(2,3)5-6-8-4/h5-7H,1-4H3,(H,13,14,16);5-7H,1-4H3,(H,13,14,16);4-7H,1-3H3,(H,11,12,13);4-9H2,1-3H3;2-4H,1H3,(H2,8,9);5-6H2,1-4H3. The Morgan fingerprint density at radius 3 is 1.30 bits per heavy atom. The van der Waals surface area contributed by atoms with Crippen molar-refractivity contribution in [1.29, 1.82) is 0 Å². The minimum Gasteiger partial charge on any atom is -0.465 e. The predicted molar refractivity (Wildman–Crippen MR) is 310 cm³/mol. The summed E-state index contributed by atoms with van der Waals surface area (Å²) in [5.74, 6) is -0.788. The molecule has 0 spiro atoms. The highest BCUT2D eigenvalue weighted by molar-refractivity contribution is 6.02. The van der Waals surface area contributed by atoms with E-state index in [1.807, 2.05) is 20.8 Å². The summed E-state index contributed by atoms with van der Waals surface area (Å²) in [5.41, 5.74) is 7.58. The Bertz CT molecular complexity index is 2450. The van der Waals surface area contributed by atoms with Gasteiger partial charge in [-0.1, -0.05) is 41.5 Å². The van der Waals surface area contributed by atoms with Crippen LogP contribution >= 0.6 is 0 Å². The van der Waals surface area contributed by atoms with Gasteiger partial charge in [-0.15, -0.1) is 0 Å². The number of esters is 1. The number of carbonyl (C=O) groups excluding carboxylic acids is 6. The van der Waals surface area contributed by atoms with Crippen LogP contribution in [0.15, 0.2) is 79.9 Å². The van der Waals surface area contributed by atoms with Crippen molar-refractivity contribution in [2.75, 3.05) is 75.4 Å². The number of rotatable bonds is 10. The Balaban J connectivity index is 0.000000942. The van der Waals surface area contributed by atoms with Gasteiger partial charge >= 0.3 is 24.2 Å². The van der Waals surface area contributed by atoms with Crippen LogP contribution in [0.1, 0.15) is 162 Å². The zero-order chi connectivity index (χ0) is 60.6. The zero-order valence-corrected chi connectivity index (χ0v) is 50.4. The molecule has 0 atom stereocenters. The van der Waals surface area contributed by atoms with E-state index in [-0.39, 0.29) is 17.1 Å². The second kappa shape index (κ2) is 35.4. The van der Waals surface area contributed by atoms with Crippen LogP contribution < -0.4 is 21.7 Å². The van der Waals surface area contributed by atoms with E-state index >= 15 is 0 Å². The number of hydrogen-bond acceptors (Lipinski definition) is 18. The first kappa shape index (κ1) is 71.9. The highest BCUT2D eigenvalue weighted by atomic mass is 16.6. The number of nitrogens with one attached hydrogen (secondary N) is 3. The number of Topliss-reactive ketones (excluding diaryl/α,β-unsaturated/α-hetero) is 2. The van der Waals surface area contributed by atoms with Gasteiger partial charge in [0.25, 0.3) is 0 Å². The Morgan fingerprint density at radius 2 is 0.937 bits per heavy atom. The average Bonchev–Trinajstić information content (AvgIpc) is 3.32. The number of pyridine rings is 4. The summed E-state index contributed by atoms with van der Waals surface area (Å²) in [6, 6.07) is 8.06. The highest BCUT2D eigenvalue weighted by Crippen LogP contribution is 2.21. The molecule has 79 heavy (non-hydrogen) atoms. The Morgan fingerprint density at radius 1 is 0.544 bits per heavy atom. The summed E-state index contributed by atoms with van der Waals surface area (Å²) < 4.78 is 30.0. The number of nitrogen functional groups attached to an aromatic ring is 1. The third-order valence-corrected chi connectivity index (χ3v) is 9.60. The summed E-state index contributed by atoms with van der Waals surface area (Å²) in [6.45, 7) is 38.6. The summed E-state index contributed by atoms with van der Waals surface area (Å²) >= 11 is 0. The molecular formula is C58H91N9O12. The van der Waals surface area contributed by atoms with Crippen LogP contribution in [-0.2, 0) is 28.4 Å². The number of nitrogens with two attached hydrogens (primary N) is 1. The maximum atomic E-state index is 11.6. The second-order valence-corrected chi connectivity index (χ2v) is 23.1. The van der Waals surface area contributed by atoms with Crippen molar-refractivity contribution in [3.05, 3.63) is 96.6 Å². The number of methoxy groups -OCH3 is 2. The van der Waals surface area contributed by atoms with Crippen LogP contribution in [0.2, 0.25) is 0 Å². The molecule has 4 aromatic rings. The molecule has 5 rings (SSSR count). The highest BCUT2D eigenvalue weighted by Gasteiger charge is 2.21. The lowest BCUT2D eigenvalue weighted by Gasteiger charge is -2.29. The monoisotopic (exact) mass is 1110 g/mol. The molecule has 1 aliphatic rings. The van der Waals surface area contributed by atoms with E-state index in [4.69, 9.17) is 29.4 Å². The van der Waals surface area contributed by atoms with Crippen molar-refractivity contribution in [3.8, 4) is 0 Å². The molecule has 1 saturated heterocycles. The van der Waals surface area contributed by atoms with Crippen LogP contribution in [0.3, 0.4) is 0 Å². The molecule has 0 bridgehead atoms. The normalized spacial score (nSPS) is 12.3. The number of morpholine rings is 1. The molecule has 1 fully saturated rings. The number of anilines is 4. The lowest BCUT2D eigenvalue weighted by Crippen LogP contribution is -2.37. The fourth-order valence-electron chi connectivity index (χ4n) is 5.67. The van der Waals surface area contributed by atoms with Gasteiger partial charge in [-0.25, -0.2) is 19.2 Å². The molecule has 5 N–H and O–H groups in total. The third kappa shape index (κ3) is 38.2. The summed E-state index contributed by atoms with van der Waals surface area (Å²) in [5, 5.41) is 7.60. The second-order valence-electron chi connectivity index (χ2n) is 23.1. The first-order chi connectivity index (χ1) is 36.5. The molecule has 0 saturated carbocycles. The van der Waals surface area contributed by atoms with E-state index in [9.17, 15) is 28.8 Å². The fourth-order valence-corrected chi connectivity index (χ4v) is 5.67. The van der Waals surface area contributed by atoms with Crippen molar-refractivity contribution >= 4 is 58.6 Å². The van der Waals surface area contributed by atoms with Gasteiger partial charge in [0.2, 0.25) is 0 Å². The average molecular weight is 1110 g/mol. The van der Waals surface area contributed by atoms with Crippen molar-refractivity contribution in [3.63, 3.8) is 0 Å². The topological polar surface area (TPSA) is 275 Å². The van der Waals surface area contributed by atoms with Crippen LogP contribution in [0.5, 0.6) is 0 Å². The van der Waals surface area contributed by atoms with Crippen LogP contribution in [-0.4, -0.2) is 131 Å². The fraction of sp³-hybridized carbons (Fsp3) is 0.552. The molecule has 440 valence electrons. The van der Waals surface area contributed by atoms with Crippen molar-refractivity contribution in [2.24, 2.45) is 10.8 Å². The Labute approximate surface area is 469 Å². The van der Waals surface area contributed by atoms with E-state index in [0.29, 0.717) is 44.7 Å². The predicted octanol–water partition coefficient (Wildman–Crippen LogP) is 12.0. The maximum absolute atomic E-state index is 11.6. The van der Waals surface area contributed by atoms with Gasteiger partial charge in [0.1, 0.15) is 22.4 Å². The van der Waals surface area contributed by atoms with Gasteiger partial charge in [-0.3, -0.25) is 50.4 Å². The van der Waals surface area contributed by atoms with Gasteiger partial charge in [0.15, 0.2) is 11.6 Å². The summed E-state index contributed by atoms with van der Waals surface area (Å²) in [7, 11) is 3.00. The molecule has 4 aromatic heterocycles. The summed E-state index contributed by atoms with van der Waals surface area (Å²) in [4.78, 5) is 85.6. The number of hydrogen-bond donors (Lipinski definition) is 4. The zero-order valence-electron chi connectivity index (χ0n) is 50.4. The number of amides is 3. The Hall–Kier alpha value is -7.10. The van der Waals surface area contributed by atoms with Crippen LogP contribution in [0, 0.1) is 10.8 Å². The number of ether oxygens (including phenoxy) is 6. The van der Waals surface area contributed by atoms with Crippen LogP contribution in [0.25, 0.3) is 0 Å². The number of ketones is 2. The minimum atomic E-state index is -0.640. The van der Waals surface area contributed by atoms with Gasteiger partial charge in [-0.2, -0.15) is 0 Å². The molecule has 0 aromatic carbocycles. The Kier molecular flexibility index (Phi) is 32.2. The molecule has 3 amide bonds.